The van der Waals surface area contributed by atoms with Gasteiger partial charge in [0, 0.05) is 5.92 Å². The molecule has 1 amide bonds. The number of ether oxygens (including phenoxy) is 3. The van der Waals surface area contributed by atoms with Crippen molar-refractivity contribution in [1.29, 1.82) is 0 Å². The fourth-order valence-corrected chi connectivity index (χ4v) is 3.83. The lowest BCUT2D eigenvalue weighted by Crippen LogP contribution is -2.54. The number of carbonyl (C=O) groups is 4. The molecular formula is C21H35NO7S. The van der Waals surface area contributed by atoms with Crippen molar-refractivity contribution in [2.24, 2.45) is 11.8 Å². The maximum absolute atomic E-state index is 12.5. The third kappa shape index (κ3) is 8.93. The first-order valence-corrected chi connectivity index (χ1v) is 11.3. The fourth-order valence-electron chi connectivity index (χ4n) is 3.02. The minimum absolute atomic E-state index is 0.136. The van der Waals surface area contributed by atoms with Gasteiger partial charge < -0.3 is 19.5 Å². The normalized spacial score (nSPS) is 16.1. The molecule has 30 heavy (non-hydrogen) atoms. The molecule has 1 unspecified atom stereocenters. The van der Waals surface area contributed by atoms with Crippen LogP contribution in [0.5, 0.6) is 0 Å². The summed E-state index contributed by atoms with van der Waals surface area (Å²) < 4.78 is 14.3. The lowest BCUT2D eigenvalue weighted by atomic mass is 9.89. The number of amides is 1. The van der Waals surface area contributed by atoms with E-state index >= 15 is 0 Å². The number of thioether (sulfide) groups is 1. The van der Waals surface area contributed by atoms with E-state index in [1.165, 1.54) is 0 Å². The second-order valence-corrected chi connectivity index (χ2v) is 10.2. The van der Waals surface area contributed by atoms with E-state index in [1.54, 1.807) is 41.5 Å². The van der Waals surface area contributed by atoms with E-state index in [1.807, 2.05) is 0 Å². The van der Waals surface area contributed by atoms with Crippen LogP contribution >= 0.6 is 11.8 Å². The number of nitrogens with one attached hydrogen (secondary N) is 1. The summed E-state index contributed by atoms with van der Waals surface area (Å²) in [6.07, 6.45) is 4.34. The zero-order valence-corrected chi connectivity index (χ0v) is 19.6. The molecule has 0 aromatic heterocycles. The van der Waals surface area contributed by atoms with Gasteiger partial charge in [-0.25, -0.2) is 9.59 Å². The first kappa shape index (κ1) is 26.3. The van der Waals surface area contributed by atoms with Gasteiger partial charge in [-0.05, 0) is 52.3 Å². The van der Waals surface area contributed by atoms with Crippen molar-refractivity contribution in [3.63, 3.8) is 0 Å². The van der Waals surface area contributed by atoms with Gasteiger partial charge in [-0.15, -0.1) is 0 Å². The number of rotatable bonds is 9. The monoisotopic (exact) mass is 445 g/mol. The van der Waals surface area contributed by atoms with E-state index in [0.29, 0.717) is 0 Å². The maximum Gasteiger partial charge on any atom is 0.370 e. The van der Waals surface area contributed by atoms with E-state index in [4.69, 9.17) is 14.2 Å². The minimum atomic E-state index is -1.06. The van der Waals surface area contributed by atoms with Gasteiger partial charge in [0.25, 0.3) is 0 Å². The summed E-state index contributed by atoms with van der Waals surface area (Å²) in [5.41, 5.74) is 0. The highest BCUT2D eigenvalue weighted by atomic mass is 32.2. The van der Waals surface area contributed by atoms with Gasteiger partial charge in [-0.1, -0.05) is 33.1 Å². The van der Waals surface area contributed by atoms with E-state index in [-0.39, 0.29) is 29.8 Å². The Kier molecular flexibility index (Phi) is 10.7. The standard InChI is InChI=1S/C21H35NO7S/c1-13(2)17(23)22-16(19(25)29-14(3)4)21(5,6)30-20(26)28-12-27-18(24)15-10-8-7-9-11-15/h13-16H,7-12H2,1-6H3,(H,22,23). The molecule has 1 atom stereocenters. The molecule has 0 heterocycles. The Labute approximate surface area is 183 Å². The number of hydrogen-bond donors (Lipinski definition) is 1. The Balaban J connectivity index is 2.64. The molecule has 0 spiro atoms. The molecule has 1 fully saturated rings. The second kappa shape index (κ2) is 12.2. The summed E-state index contributed by atoms with van der Waals surface area (Å²) in [7, 11) is 0. The van der Waals surface area contributed by atoms with Crippen LogP contribution in [0.25, 0.3) is 0 Å². The molecular weight excluding hydrogens is 410 g/mol. The van der Waals surface area contributed by atoms with Crippen molar-refractivity contribution >= 4 is 34.9 Å². The van der Waals surface area contributed by atoms with Crippen LogP contribution in [0.1, 0.15) is 73.6 Å². The van der Waals surface area contributed by atoms with Crippen LogP contribution < -0.4 is 5.32 Å². The lowest BCUT2D eigenvalue weighted by Gasteiger charge is -2.32. The van der Waals surface area contributed by atoms with Crippen LogP contribution in [-0.4, -0.2) is 46.8 Å². The average molecular weight is 446 g/mol. The molecule has 0 bridgehead atoms. The van der Waals surface area contributed by atoms with Gasteiger partial charge in [-0.2, -0.15) is 0 Å². The largest absolute Gasteiger partial charge is 0.461 e. The predicted molar refractivity (Wildman–Crippen MR) is 114 cm³/mol. The summed E-state index contributed by atoms with van der Waals surface area (Å²) >= 11 is 0.738. The third-order valence-corrected chi connectivity index (χ3v) is 5.80. The molecule has 0 saturated heterocycles. The summed E-state index contributed by atoms with van der Waals surface area (Å²) in [5.74, 6) is -1.79. The van der Waals surface area contributed by atoms with Crippen molar-refractivity contribution < 1.29 is 33.4 Å². The van der Waals surface area contributed by atoms with Crippen molar-refractivity contribution in [2.45, 2.75) is 90.5 Å². The van der Waals surface area contributed by atoms with Crippen LogP contribution in [0.4, 0.5) is 4.79 Å². The highest BCUT2D eigenvalue weighted by molar-refractivity contribution is 8.14. The van der Waals surface area contributed by atoms with Crippen molar-refractivity contribution in [2.75, 3.05) is 6.79 Å². The highest BCUT2D eigenvalue weighted by Crippen LogP contribution is 2.31. The van der Waals surface area contributed by atoms with Gasteiger partial charge in [0.2, 0.25) is 12.7 Å². The SMILES string of the molecule is CC(C)OC(=O)C(NC(=O)C(C)C)C(C)(C)SC(=O)OCOC(=O)C1CCCCC1. The lowest BCUT2D eigenvalue weighted by molar-refractivity contribution is -0.157. The Bertz CT molecular complexity index is 612. The highest BCUT2D eigenvalue weighted by Gasteiger charge is 2.41. The molecule has 0 aliphatic heterocycles. The zero-order valence-electron chi connectivity index (χ0n) is 18.8. The molecule has 0 radical (unpaired) electrons. The smallest absolute Gasteiger partial charge is 0.370 e. The average Bonchev–Trinajstić information content (AvgIpc) is 2.65. The third-order valence-electron chi connectivity index (χ3n) is 4.76. The molecule has 1 saturated carbocycles. The second-order valence-electron chi connectivity index (χ2n) is 8.60. The van der Waals surface area contributed by atoms with E-state index in [9.17, 15) is 19.2 Å². The molecule has 1 rings (SSSR count). The Hall–Kier alpha value is -1.77. The van der Waals surface area contributed by atoms with E-state index in [2.05, 4.69) is 5.32 Å². The Morgan fingerprint density at radius 2 is 1.60 bits per heavy atom. The number of esters is 2. The Morgan fingerprint density at radius 1 is 1.00 bits per heavy atom. The first-order chi connectivity index (χ1) is 13.9. The van der Waals surface area contributed by atoms with Crippen molar-refractivity contribution in [1.82, 2.24) is 5.32 Å². The fraction of sp³-hybridized carbons (Fsp3) is 0.810. The first-order valence-electron chi connectivity index (χ1n) is 10.5. The van der Waals surface area contributed by atoms with Crippen molar-refractivity contribution in [3.05, 3.63) is 0 Å². The summed E-state index contributed by atoms with van der Waals surface area (Å²) in [4.78, 5) is 49.0. The molecule has 0 aromatic rings. The molecule has 9 heteroatoms. The zero-order chi connectivity index (χ0) is 22.9. The Morgan fingerprint density at radius 3 is 2.13 bits per heavy atom. The van der Waals surface area contributed by atoms with E-state index in [0.717, 1.165) is 43.9 Å². The van der Waals surface area contributed by atoms with Gasteiger partial charge in [0.1, 0.15) is 6.04 Å². The van der Waals surface area contributed by atoms with Crippen LogP contribution in [0.3, 0.4) is 0 Å². The number of carbonyl (C=O) groups excluding carboxylic acids is 4. The summed E-state index contributed by atoms with van der Waals surface area (Å²) in [6, 6.07) is -1.06. The summed E-state index contributed by atoms with van der Waals surface area (Å²) in [6.45, 7) is 9.61. The quantitative estimate of drug-likeness (QED) is 0.422. The number of hydrogen-bond acceptors (Lipinski definition) is 8. The van der Waals surface area contributed by atoms with Gasteiger partial charge in [-0.3, -0.25) is 9.59 Å². The minimum Gasteiger partial charge on any atom is -0.461 e. The van der Waals surface area contributed by atoms with E-state index < -0.39 is 28.9 Å². The molecule has 0 aromatic carbocycles. The molecule has 8 nitrogen and oxygen atoms in total. The molecule has 1 aliphatic rings. The van der Waals surface area contributed by atoms with Crippen molar-refractivity contribution in [3.8, 4) is 0 Å². The maximum atomic E-state index is 12.5. The summed E-state index contributed by atoms with van der Waals surface area (Å²) in [5, 5.41) is 1.95. The van der Waals surface area contributed by atoms with Crippen LogP contribution in [0.15, 0.2) is 0 Å². The molecule has 1 aliphatic carbocycles. The molecule has 1 N–H and O–H groups in total. The van der Waals surface area contributed by atoms with Crippen LogP contribution in [0, 0.1) is 11.8 Å². The van der Waals surface area contributed by atoms with Gasteiger partial charge >= 0.3 is 17.2 Å². The topological polar surface area (TPSA) is 108 Å². The molecule has 172 valence electrons. The predicted octanol–water partition coefficient (Wildman–Crippen LogP) is 3.81. The van der Waals surface area contributed by atoms with Gasteiger partial charge in [0.15, 0.2) is 0 Å². The van der Waals surface area contributed by atoms with Crippen LogP contribution in [0.2, 0.25) is 0 Å². The van der Waals surface area contributed by atoms with Gasteiger partial charge in [0.05, 0.1) is 16.8 Å². The van der Waals surface area contributed by atoms with Crippen LogP contribution in [-0.2, 0) is 28.6 Å².